The lowest BCUT2D eigenvalue weighted by atomic mass is 9.89. The van der Waals surface area contributed by atoms with Crippen LogP contribution in [0.25, 0.3) is 60.5 Å². The summed E-state index contributed by atoms with van der Waals surface area (Å²) in [7, 11) is 0. The van der Waals surface area contributed by atoms with E-state index in [1.54, 1.807) is 0 Å². The molecule has 1 aliphatic rings. The third-order valence-electron chi connectivity index (χ3n) is 10.4. The first-order chi connectivity index (χ1) is 25.7. The van der Waals surface area contributed by atoms with Crippen molar-refractivity contribution in [1.29, 1.82) is 0 Å². The number of hydrogen-bond donors (Lipinski definition) is 0. The van der Waals surface area contributed by atoms with Gasteiger partial charge in [-0.3, -0.25) is 0 Å². The molecule has 9 rings (SSSR count). The lowest BCUT2D eigenvalue weighted by molar-refractivity contribution is 0.729. The summed E-state index contributed by atoms with van der Waals surface area (Å²) in [5.74, 6) is 0.426. The van der Waals surface area contributed by atoms with E-state index in [-0.39, 0.29) is 0 Å². The summed E-state index contributed by atoms with van der Waals surface area (Å²) in [6, 6.07) is 68.3. The van der Waals surface area contributed by atoms with Gasteiger partial charge in [-0.25, -0.2) is 0 Å². The van der Waals surface area contributed by atoms with Gasteiger partial charge in [0.25, 0.3) is 0 Å². The van der Waals surface area contributed by atoms with Crippen molar-refractivity contribution in [2.45, 2.75) is 13.3 Å². The van der Waals surface area contributed by atoms with E-state index in [4.69, 9.17) is 0 Å². The van der Waals surface area contributed by atoms with Crippen molar-refractivity contribution in [1.82, 2.24) is 0 Å². The molecule has 1 nitrogen and oxygen atoms in total. The summed E-state index contributed by atoms with van der Waals surface area (Å²) in [4.78, 5) is 2.44. The molecule has 0 spiro atoms. The van der Waals surface area contributed by atoms with E-state index < -0.39 is 0 Å². The smallest absolute Gasteiger partial charge is 0.0499 e. The number of rotatable bonds is 7. The third kappa shape index (κ3) is 6.01. The molecule has 0 amide bonds. The molecular formula is C51H39N. The molecular weight excluding hydrogens is 627 g/mol. The van der Waals surface area contributed by atoms with Crippen molar-refractivity contribution < 1.29 is 0 Å². The lowest BCUT2D eigenvalue weighted by Gasteiger charge is -2.33. The topological polar surface area (TPSA) is 3.24 Å². The Balaban J connectivity index is 1.12. The Morgan fingerprint density at radius 2 is 0.885 bits per heavy atom. The van der Waals surface area contributed by atoms with Crippen molar-refractivity contribution in [3.8, 4) is 33.4 Å². The lowest BCUT2D eigenvalue weighted by Crippen LogP contribution is -2.20. The second-order valence-corrected chi connectivity index (χ2v) is 13.8. The Hall–Kier alpha value is -6.44. The maximum atomic E-state index is 2.45. The van der Waals surface area contributed by atoms with Crippen LogP contribution in [0.5, 0.6) is 0 Å². The molecule has 0 aliphatic heterocycles. The standard InChI is InChI=1S/C51H39N/c1-36-20-33-47(41-14-6-3-7-15-41)51(34-36)52(44-29-25-40(26-30-44)39-23-21-38(22-24-39)37-12-4-2-5-13-37)45-31-27-42(28-32-45)50-35-43-16-8-9-17-46(43)48-18-10-11-19-49(48)50/h2-19,21-36H,20H2,1H3. The van der Waals surface area contributed by atoms with Gasteiger partial charge in [-0.1, -0.05) is 177 Å². The fourth-order valence-electron chi connectivity index (χ4n) is 7.71. The molecule has 52 heavy (non-hydrogen) atoms. The van der Waals surface area contributed by atoms with Crippen LogP contribution < -0.4 is 4.90 Å². The molecule has 1 heteroatoms. The molecule has 248 valence electrons. The molecule has 8 aromatic rings. The maximum absolute atomic E-state index is 2.45. The van der Waals surface area contributed by atoms with Crippen LogP contribution in [0.15, 0.2) is 206 Å². The SMILES string of the molecule is CC1C=C(N(c2ccc(-c3ccc(-c4ccccc4)cc3)cc2)c2ccc(-c3cc4ccccc4c4ccccc34)cc2)C(c2ccccc2)=CC1. The number of allylic oxidation sites excluding steroid dienone is 3. The summed E-state index contributed by atoms with van der Waals surface area (Å²) in [5, 5.41) is 5.11. The first-order valence-electron chi connectivity index (χ1n) is 18.2. The van der Waals surface area contributed by atoms with Gasteiger partial charge in [-0.15, -0.1) is 0 Å². The molecule has 8 aromatic carbocycles. The normalized spacial score (nSPS) is 14.2. The van der Waals surface area contributed by atoms with E-state index >= 15 is 0 Å². The Morgan fingerprint density at radius 3 is 1.50 bits per heavy atom. The van der Waals surface area contributed by atoms with Gasteiger partial charge < -0.3 is 4.90 Å². The Labute approximate surface area is 306 Å². The summed E-state index contributed by atoms with van der Waals surface area (Å²) in [6.07, 6.45) is 5.89. The van der Waals surface area contributed by atoms with Gasteiger partial charge in [0.2, 0.25) is 0 Å². The summed E-state index contributed by atoms with van der Waals surface area (Å²) < 4.78 is 0. The van der Waals surface area contributed by atoms with Gasteiger partial charge in [-0.2, -0.15) is 0 Å². The summed E-state index contributed by atoms with van der Waals surface area (Å²) in [5.41, 5.74) is 13.3. The molecule has 0 N–H and O–H groups in total. The minimum Gasteiger partial charge on any atom is -0.310 e. The van der Waals surface area contributed by atoms with Crippen molar-refractivity contribution in [3.63, 3.8) is 0 Å². The average molecular weight is 666 g/mol. The van der Waals surface area contributed by atoms with Crippen LogP contribution in [0.2, 0.25) is 0 Å². The summed E-state index contributed by atoms with van der Waals surface area (Å²) >= 11 is 0. The molecule has 1 unspecified atom stereocenters. The predicted octanol–water partition coefficient (Wildman–Crippen LogP) is 14.1. The van der Waals surface area contributed by atoms with E-state index in [1.165, 1.54) is 71.8 Å². The number of benzene rings is 8. The molecule has 0 saturated carbocycles. The minimum absolute atomic E-state index is 0.426. The zero-order chi connectivity index (χ0) is 34.9. The monoisotopic (exact) mass is 665 g/mol. The largest absolute Gasteiger partial charge is 0.310 e. The Bertz CT molecular complexity index is 2560. The Morgan fingerprint density at radius 1 is 0.423 bits per heavy atom. The van der Waals surface area contributed by atoms with Gasteiger partial charge in [0.15, 0.2) is 0 Å². The van der Waals surface area contributed by atoms with Crippen molar-refractivity contribution >= 4 is 38.5 Å². The first kappa shape index (κ1) is 31.5. The maximum Gasteiger partial charge on any atom is 0.0499 e. The number of fused-ring (bicyclic) bond motifs is 3. The third-order valence-corrected chi connectivity index (χ3v) is 10.4. The predicted molar refractivity (Wildman–Crippen MR) is 223 cm³/mol. The second-order valence-electron chi connectivity index (χ2n) is 13.8. The highest BCUT2D eigenvalue weighted by Crippen LogP contribution is 2.42. The molecule has 0 bridgehead atoms. The highest BCUT2D eigenvalue weighted by Gasteiger charge is 2.23. The molecule has 0 saturated heterocycles. The number of anilines is 2. The van der Waals surface area contributed by atoms with Gasteiger partial charge >= 0.3 is 0 Å². The van der Waals surface area contributed by atoms with E-state index in [2.05, 4.69) is 212 Å². The number of nitrogens with zero attached hydrogens (tertiary/aromatic N) is 1. The highest BCUT2D eigenvalue weighted by molar-refractivity contribution is 6.13. The van der Waals surface area contributed by atoms with Crippen LogP contribution >= 0.6 is 0 Å². The minimum atomic E-state index is 0.426. The molecule has 0 radical (unpaired) electrons. The average Bonchev–Trinajstić information content (AvgIpc) is 3.22. The zero-order valence-corrected chi connectivity index (χ0v) is 29.3. The van der Waals surface area contributed by atoms with Crippen molar-refractivity contribution in [2.75, 3.05) is 4.90 Å². The Kier molecular flexibility index (Phi) is 8.31. The van der Waals surface area contributed by atoms with Gasteiger partial charge in [0.1, 0.15) is 0 Å². The van der Waals surface area contributed by atoms with Crippen LogP contribution in [0.3, 0.4) is 0 Å². The van der Waals surface area contributed by atoms with Crippen molar-refractivity contribution in [2.24, 2.45) is 5.92 Å². The molecule has 1 aliphatic carbocycles. The van der Waals surface area contributed by atoms with Crippen LogP contribution in [-0.4, -0.2) is 0 Å². The summed E-state index contributed by atoms with van der Waals surface area (Å²) in [6.45, 7) is 2.31. The van der Waals surface area contributed by atoms with Crippen molar-refractivity contribution in [3.05, 3.63) is 211 Å². The van der Waals surface area contributed by atoms with E-state index in [0.717, 1.165) is 17.8 Å². The number of hydrogen-bond acceptors (Lipinski definition) is 1. The molecule has 1 atom stereocenters. The van der Waals surface area contributed by atoms with Crippen LogP contribution in [0, 0.1) is 5.92 Å². The quantitative estimate of drug-likeness (QED) is 0.153. The highest BCUT2D eigenvalue weighted by atomic mass is 15.2. The first-order valence-corrected chi connectivity index (χ1v) is 18.2. The molecule has 0 aromatic heterocycles. The fraction of sp³-hybridized carbons (Fsp3) is 0.0588. The van der Waals surface area contributed by atoms with Crippen LogP contribution in [0.1, 0.15) is 18.9 Å². The van der Waals surface area contributed by atoms with Gasteiger partial charge in [0.05, 0.1) is 0 Å². The van der Waals surface area contributed by atoms with Gasteiger partial charge in [-0.05, 0) is 103 Å². The zero-order valence-electron chi connectivity index (χ0n) is 29.3. The van der Waals surface area contributed by atoms with E-state index in [0.29, 0.717) is 5.92 Å². The van der Waals surface area contributed by atoms with Crippen LogP contribution in [-0.2, 0) is 0 Å². The van der Waals surface area contributed by atoms with Crippen LogP contribution in [0.4, 0.5) is 11.4 Å². The second kappa shape index (κ2) is 13.7. The van der Waals surface area contributed by atoms with E-state index in [9.17, 15) is 0 Å². The molecule has 0 fully saturated rings. The van der Waals surface area contributed by atoms with Gasteiger partial charge in [0, 0.05) is 22.6 Å². The van der Waals surface area contributed by atoms with E-state index in [1.807, 2.05) is 0 Å². The molecule has 0 heterocycles. The fourth-order valence-corrected chi connectivity index (χ4v) is 7.71.